The van der Waals surface area contributed by atoms with E-state index in [2.05, 4.69) is 21.2 Å². The molecule has 2 nitrogen and oxygen atoms in total. The van der Waals surface area contributed by atoms with Crippen LogP contribution in [-0.2, 0) is 0 Å². The van der Waals surface area contributed by atoms with E-state index in [4.69, 9.17) is 0 Å². The molecule has 1 unspecified atom stereocenters. The van der Waals surface area contributed by atoms with E-state index < -0.39 is 10.4 Å². The molecule has 1 fully saturated rings. The second kappa shape index (κ2) is 3.55. The summed E-state index contributed by atoms with van der Waals surface area (Å²) in [4.78, 5) is -3.17. The average Bonchev–Trinajstić information content (AvgIpc) is 2.12. The van der Waals surface area contributed by atoms with Gasteiger partial charge in [-0.2, -0.15) is 8.78 Å². The van der Waals surface area contributed by atoms with Gasteiger partial charge in [0.05, 0.1) is 0 Å². The third-order valence-electron chi connectivity index (χ3n) is 2.19. The molecular weight excluding hydrogens is 232 g/mol. The number of nitrogens with one attached hydrogen (secondary N) is 1. The highest BCUT2D eigenvalue weighted by Gasteiger charge is 2.49. The minimum absolute atomic E-state index is 0.0885. The molecule has 0 aromatic rings. The lowest BCUT2D eigenvalue weighted by Gasteiger charge is -2.30. The van der Waals surface area contributed by atoms with Crippen molar-refractivity contribution in [2.75, 3.05) is 13.1 Å². The quantitative estimate of drug-likeness (QED) is 0.685. The number of alkyl halides is 3. The third-order valence-corrected chi connectivity index (χ3v) is 2.92. The summed E-state index contributed by atoms with van der Waals surface area (Å²) in [5, 5.41) is 12.5. The van der Waals surface area contributed by atoms with Gasteiger partial charge in [0, 0.05) is 0 Å². The van der Waals surface area contributed by atoms with Crippen molar-refractivity contribution in [2.24, 2.45) is 0 Å². The number of hydrogen-bond donors (Lipinski definition) is 2. The first kappa shape index (κ1) is 10.3. The van der Waals surface area contributed by atoms with Gasteiger partial charge in [0.2, 0.25) is 0 Å². The van der Waals surface area contributed by atoms with Gasteiger partial charge in [-0.3, -0.25) is 0 Å². The van der Waals surface area contributed by atoms with E-state index in [0.717, 1.165) is 0 Å². The number of halogens is 3. The molecular formula is C7H12BrF2NO. The first-order chi connectivity index (χ1) is 5.46. The summed E-state index contributed by atoms with van der Waals surface area (Å²) in [7, 11) is 0. The summed E-state index contributed by atoms with van der Waals surface area (Å²) in [6, 6.07) is 0. The Labute approximate surface area is 78.5 Å². The van der Waals surface area contributed by atoms with Crippen molar-refractivity contribution in [1.82, 2.24) is 5.32 Å². The molecule has 5 heteroatoms. The van der Waals surface area contributed by atoms with Crippen molar-refractivity contribution in [3.8, 4) is 0 Å². The van der Waals surface area contributed by atoms with E-state index in [1.807, 2.05) is 0 Å². The third kappa shape index (κ3) is 2.14. The first-order valence-corrected chi connectivity index (χ1v) is 4.75. The Hall–Kier alpha value is 0.260. The Balaban J connectivity index is 2.67. The van der Waals surface area contributed by atoms with E-state index in [9.17, 15) is 13.9 Å². The highest BCUT2D eigenvalue weighted by atomic mass is 79.9. The van der Waals surface area contributed by atoms with Gasteiger partial charge < -0.3 is 10.4 Å². The molecule has 0 amide bonds. The molecule has 1 rings (SSSR count). The van der Waals surface area contributed by atoms with Crippen LogP contribution < -0.4 is 5.32 Å². The smallest absolute Gasteiger partial charge is 0.329 e. The second-order valence-electron chi connectivity index (χ2n) is 3.13. The van der Waals surface area contributed by atoms with Crippen LogP contribution in [0.1, 0.15) is 19.3 Å². The van der Waals surface area contributed by atoms with Gasteiger partial charge in [0.15, 0.2) is 0 Å². The number of hydrogen-bond acceptors (Lipinski definition) is 2. The minimum Gasteiger partial charge on any atom is -0.383 e. The molecule has 0 bridgehead atoms. The second-order valence-corrected chi connectivity index (χ2v) is 4.13. The molecule has 12 heavy (non-hydrogen) atoms. The molecule has 2 N–H and O–H groups in total. The van der Waals surface area contributed by atoms with Crippen LogP contribution in [0, 0.1) is 0 Å². The molecule has 0 radical (unpaired) electrons. The molecule has 0 aromatic carbocycles. The van der Waals surface area contributed by atoms with Crippen LogP contribution in [0.3, 0.4) is 0 Å². The monoisotopic (exact) mass is 243 g/mol. The zero-order valence-electron chi connectivity index (χ0n) is 6.62. The van der Waals surface area contributed by atoms with Gasteiger partial charge in [-0.15, -0.1) is 0 Å². The van der Waals surface area contributed by atoms with Crippen molar-refractivity contribution in [3.63, 3.8) is 0 Å². The predicted molar refractivity (Wildman–Crippen MR) is 45.5 cm³/mol. The average molecular weight is 244 g/mol. The molecule has 0 saturated carbocycles. The van der Waals surface area contributed by atoms with Crippen LogP contribution in [-0.4, -0.2) is 28.6 Å². The van der Waals surface area contributed by atoms with Crippen molar-refractivity contribution in [2.45, 2.75) is 29.7 Å². The lowest BCUT2D eigenvalue weighted by atomic mass is 9.95. The summed E-state index contributed by atoms with van der Waals surface area (Å²) in [5.41, 5.74) is -1.88. The van der Waals surface area contributed by atoms with Crippen LogP contribution in [0.4, 0.5) is 8.78 Å². The van der Waals surface area contributed by atoms with Crippen molar-refractivity contribution < 1.29 is 13.9 Å². The van der Waals surface area contributed by atoms with Gasteiger partial charge in [0.25, 0.3) is 0 Å². The largest absolute Gasteiger partial charge is 0.383 e. The highest BCUT2D eigenvalue weighted by molar-refractivity contribution is 9.10. The van der Waals surface area contributed by atoms with E-state index in [1.54, 1.807) is 0 Å². The van der Waals surface area contributed by atoms with Gasteiger partial charge in [0.1, 0.15) is 5.60 Å². The van der Waals surface area contributed by atoms with Crippen LogP contribution in [0.2, 0.25) is 0 Å². The maximum atomic E-state index is 12.8. The summed E-state index contributed by atoms with van der Waals surface area (Å²) >= 11 is 2.22. The van der Waals surface area contributed by atoms with Gasteiger partial charge in [-0.05, 0) is 48.3 Å². The van der Waals surface area contributed by atoms with Crippen LogP contribution in [0.15, 0.2) is 0 Å². The van der Waals surface area contributed by atoms with Crippen molar-refractivity contribution in [1.29, 1.82) is 0 Å². The Morgan fingerprint density at radius 3 is 2.58 bits per heavy atom. The van der Waals surface area contributed by atoms with Crippen molar-refractivity contribution >= 4 is 15.9 Å². The van der Waals surface area contributed by atoms with Gasteiger partial charge in [-0.25, -0.2) is 0 Å². The fourth-order valence-corrected chi connectivity index (χ4v) is 1.73. The maximum absolute atomic E-state index is 12.8. The van der Waals surface area contributed by atoms with E-state index in [-0.39, 0.29) is 12.8 Å². The summed E-state index contributed by atoms with van der Waals surface area (Å²) < 4.78 is 25.6. The van der Waals surface area contributed by atoms with E-state index in [1.165, 1.54) is 0 Å². The van der Waals surface area contributed by atoms with E-state index >= 15 is 0 Å². The highest BCUT2D eigenvalue weighted by Crippen LogP contribution is 2.40. The molecule has 0 aliphatic carbocycles. The summed E-state index contributed by atoms with van der Waals surface area (Å²) in [6.07, 6.45) is 0.807. The Morgan fingerprint density at radius 2 is 2.00 bits per heavy atom. The van der Waals surface area contributed by atoms with Crippen LogP contribution in [0.25, 0.3) is 0 Å². The van der Waals surface area contributed by atoms with E-state index in [0.29, 0.717) is 19.5 Å². The number of rotatable bonds is 1. The van der Waals surface area contributed by atoms with Gasteiger partial charge in [-0.1, -0.05) is 0 Å². The minimum atomic E-state index is -3.17. The summed E-state index contributed by atoms with van der Waals surface area (Å²) in [5.74, 6) is 0. The molecule has 1 aliphatic rings. The topological polar surface area (TPSA) is 32.3 Å². The molecule has 1 atom stereocenters. The predicted octanol–water partition coefficient (Wildman–Crippen LogP) is 1.48. The lowest BCUT2D eigenvalue weighted by Crippen LogP contribution is -2.44. The van der Waals surface area contributed by atoms with Crippen LogP contribution in [0.5, 0.6) is 0 Å². The molecule has 1 saturated heterocycles. The number of aliphatic hydroxyl groups is 1. The lowest BCUT2D eigenvalue weighted by molar-refractivity contribution is -0.121. The Bertz CT molecular complexity index is 152. The fraction of sp³-hybridized carbons (Fsp3) is 1.00. The molecule has 0 spiro atoms. The van der Waals surface area contributed by atoms with Gasteiger partial charge >= 0.3 is 4.83 Å². The molecule has 1 heterocycles. The summed E-state index contributed by atoms with van der Waals surface area (Å²) in [6.45, 7) is 1.14. The molecule has 72 valence electrons. The zero-order chi connectivity index (χ0) is 9.24. The Kier molecular flexibility index (Phi) is 3.06. The zero-order valence-corrected chi connectivity index (χ0v) is 8.20. The standard InChI is InChI=1S/C7H12BrF2NO/c8-7(9,10)6(12)2-1-4-11-5-3-6/h11-12H,1-5H2. The SMILES string of the molecule is OC1(C(F)(F)Br)CCCNCC1. The fourth-order valence-electron chi connectivity index (χ4n) is 1.33. The van der Waals surface area contributed by atoms with Crippen molar-refractivity contribution in [3.05, 3.63) is 0 Å². The molecule has 1 aliphatic heterocycles. The van der Waals surface area contributed by atoms with Crippen LogP contribution >= 0.6 is 15.9 Å². The normalized spacial score (nSPS) is 33.0. The Morgan fingerprint density at radius 1 is 1.33 bits per heavy atom. The first-order valence-electron chi connectivity index (χ1n) is 3.95. The molecule has 0 aromatic heterocycles. The maximum Gasteiger partial charge on any atom is 0.329 e.